The average molecular weight is 271 g/mol. The summed E-state index contributed by atoms with van der Waals surface area (Å²) in [6.07, 6.45) is 1.06. The molecule has 0 unspecified atom stereocenters. The van der Waals surface area contributed by atoms with E-state index in [4.69, 9.17) is 4.74 Å². The Labute approximate surface area is 120 Å². The van der Waals surface area contributed by atoms with Crippen LogP contribution in [0.5, 0.6) is 0 Å². The third kappa shape index (κ3) is 4.03. The maximum Gasteiger partial charge on any atom is 0.157 e. The maximum atomic E-state index is 5.42. The van der Waals surface area contributed by atoms with Gasteiger partial charge in [-0.1, -0.05) is 37.3 Å². The number of aromatic nitrogens is 2. The fourth-order valence-electron chi connectivity index (χ4n) is 1.86. The van der Waals surface area contributed by atoms with Gasteiger partial charge in [0, 0.05) is 24.8 Å². The first-order valence-electron chi connectivity index (χ1n) is 7.08. The number of nitrogens with one attached hydrogen (secondary N) is 1. The fraction of sp³-hybridized carbons (Fsp3) is 0.375. The van der Waals surface area contributed by atoms with E-state index in [1.165, 1.54) is 0 Å². The van der Waals surface area contributed by atoms with Crippen LogP contribution >= 0.6 is 0 Å². The molecule has 0 saturated heterocycles. The van der Waals surface area contributed by atoms with E-state index in [0.717, 1.165) is 30.0 Å². The number of ether oxygens (including phenoxy) is 1. The molecule has 0 aliphatic carbocycles. The molecule has 0 fully saturated rings. The van der Waals surface area contributed by atoms with Gasteiger partial charge >= 0.3 is 0 Å². The van der Waals surface area contributed by atoms with Gasteiger partial charge in [-0.2, -0.15) is 0 Å². The highest BCUT2D eigenvalue weighted by molar-refractivity contribution is 5.62. The van der Waals surface area contributed by atoms with Crippen molar-refractivity contribution >= 4 is 5.82 Å². The van der Waals surface area contributed by atoms with Crippen LogP contribution in [0.3, 0.4) is 0 Å². The summed E-state index contributed by atoms with van der Waals surface area (Å²) >= 11 is 0. The predicted molar refractivity (Wildman–Crippen MR) is 81.6 cm³/mol. The minimum atomic E-state index is 0.442. The van der Waals surface area contributed by atoms with Gasteiger partial charge in [0.1, 0.15) is 12.4 Å². The Morgan fingerprint density at radius 1 is 1.10 bits per heavy atom. The zero-order chi connectivity index (χ0) is 14.2. The summed E-state index contributed by atoms with van der Waals surface area (Å²) in [4.78, 5) is 9.06. The van der Waals surface area contributed by atoms with Gasteiger partial charge in [-0.05, 0) is 13.3 Å². The van der Waals surface area contributed by atoms with Crippen LogP contribution < -0.4 is 5.32 Å². The van der Waals surface area contributed by atoms with Crippen molar-refractivity contribution in [2.24, 2.45) is 0 Å². The molecule has 4 heteroatoms. The molecule has 1 N–H and O–H groups in total. The molecule has 0 amide bonds. The zero-order valence-corrected chi connectivity index (χ0v) is 12.1. The number of anilines is 1. The van der Waals surface area contributed by atoms with Crippen molar-refractivity contribution in [1.82, 2.24) is 9.97 Å². The molecule has 0 radical (unpaired) electrons. The highest BCUT2D eigenvalue weighted by atomic mass is 16.5. The lowest BCUT2D eigenvalue weighted by Gasteiger charge is -2.09. The van der Waals surface area contributed by atoms with Crippen LogP contribution in [0.25, 0.3) is 11.3 Å². The Morgan fingerprint density at radius 2 is 1.90 bits per heavy atom. The third-order valence-electron chi connectivity index (χ3n) is 2.83. The Hall–Kier alpha value is -1.94. The second kappa shape index (κ2) is 7.60. The van der Waals surface area contributed by atoms with E-state index in [0.29, 0.717) is 19.0 Å². The van der Waals surface area contributed by atoms with E-state index in [2.05, 4.69) is 34.3 Å². The van der Waals surface area contributed by atoms with E-state index in [9.17, 15) is 0 Å². The molecule has 0 atom stereocenters. The second-order valence-electron chi connectivity index (χ2n) is 4.48. The van der Waals surface area contributed by atoms with Crippen LogP contribution in [0.4, 0.5) is 5.82 Å². The van der Waals surface area contributed by atoms with E-state index < -0.39 is 0 Å². The van der Waals surface area contributed by atoms with Gasteiger partial charge in [0.2, 0.25) is 0 Å². The molecular formula is C16H21N3O. The van der Waals surface area contributed by atoms with Crippen molar-refractivity contribution in [1.29, 1.82) is 0 Å². The topological polar surface area (TPSA) is 47.0 Å². The number of nitrogens with zero attached hydrogens (tertiary/aromatic N) is 2. The number of rotatable bonds is 7. The molecule has 4 nitrogen and oxygen atoms in total. The first kappa shape index (κ1) is 14.5. The minimum absolute atomic E-state index is 0.442. The number of benzene rings is 1. The Balaban J connectivity index is 2.29. The minimum Gasteiger partial charge on any atom is -0.374 e. The molecule has 0 spiro atoms. The number of hydrogen-bond acceptors (Lipinski definition) is 4. The SMILES string of the molecule is CCCNc1cc(-c2ccccc2)nc(COCC)n1. The molecule has 20 heavy (non-hydrogen) atoms. The van der Waals surface area contributed by atoms with Crippen LogP contribution in [0.2, 0.25) is 0 Å². The zero-order valence-electron chi connectivity index (χ0n) is 12.1. The van der Waals surface area contributed by atoms with Crippen LogP contribution in [0, 0.1) is 0 Å². The lowest BCUT2D eigenvalue weighted by atomic mass is 10.1. The molecule has 1 aromatic heterocycles. The highest BCUT2D eigenvalue weighted by Crippen LogP contribution is 2.19. The summed E-state index contributed by atoms with van der Waals surface area (Å²) in [5.41, 5.74) is 2.01. The van der Waals surface area contributed by atoms with Gasteiger partial charge in [0.15, 0.2) is 5.82 Å². The van der Waals surface area contributed by atoms with Gasteiger partial charge in [0.25, 0.3) is 0 Å². The van der Waals surface area contributed by atoms with E-state index in [1.54, 1.807) is 0 Å². The van der Waals surface area contributed by atoms with Crippen molar-refractivity contribution in [2.45, 2.75) is 26.9 Å². The molecule has 0 bridgehead atoms. The Morgan fingerprint density at radius 3 is 2.60 bits per heavy atom. The molecule has 2 aromatic rings. The first-order valence-corrected chi connectivity index (χ1v) is 7.08. The largest absolute Gasteiger partial charge is 0.374 e. The summed E-state index contributed by atoms with van der Waals surface area (Å²) in [6.45, 7) is 6.11. The van der Waals surface area contributed by atoms with Crippen LogP contribution in [-0.2, 0) is 11.3 Å². The molecule has 106 valence electrons. The molecule has 0 aliphatic heterocycles. The molecular weight excluding hydrogens is 250 g/mol. The van der Waals surface area contributed by atoms with Gasteiger partial charge < -0.3 is 10.1 Å². The van der Waals surface area contributed by atoms with Crippen molar-refractivity contribution in [3.8, 4) is 11.3 Å². The van der Waals surface area contributed by atoms with Crippen LogP contribution in [0.1, 0.15) is 26.1 Å². The maximum absolute atomic E-state index is 5.42. The lowest BCUT2D eigenvalue weighted by Crippen LogP contribution is -2.07. The normalized spacial score (nSPS) is 10.5. The van der Waals surface area contributed by atoms with Crippen molar-refractivity contribution < 1.29 is 4.74 Å². The smallest absolute Gasteiger partial charge is 0.157 e. The molecule has 0 saturated carbocycles. The van der Waals surface area contributed by atoms with Crippen molar-refractivity contribution in [3.63, 3.8) is 0 Å². The molecule has 1 aromatic carbocycles. The quantitative estimate of drug-likeness (QED) is 0.837. The van der Waals surface area contributed by atoms with Crippen molar-refractivity contribution in [2.75, 3.05) is 18.5 Å². The fourth-order valence-corrected chi connectivity index (χ4v) is 1.86. The summed E-state index contributed by atoms with van der Waals surface area (Å²) in [7, 11) is 0. The monoisotopic (exact) mass is 271 g/mol. The van der Waals surface area contributed by atoms with Crippen LogP contribution in [-0.4, -0.2) is 23.1 Å². The number of hydrogen-bond donors (Lipinski definition) is 1. The highest BCUT2D eigenvalue weighted by Gasteiger charge is 2.06. The van der Waals surface area contributed by atoms with E-state index in [-0.39, 0.29) is 0 Å². The average Bonchev–Trinajstić information content (AvgIpc) is 2.51. The van der Waals surface area contributed by atoms with Gasteiger partial charge in [-0.3, -0.25) is 0 Å². The van der Waals surface area contributed by atoms with Gasteiger partial charge in [0.05, 0.1) is 5.69 Å². The van der Waals surface area contributed by atoms with Crippen LogP contribution in [0.15, 0.2) is 36.4 Å². The van der Waals surface area contributed by atoms with Crippen molar-refractivity contribution in [3.05, 3.63) is 42.2 Å². The Bertz CT molecular complexity index is 502. The van der Waals surface area contributed by atoms with Gasteiger partial charge in [-0.25, -0.2) is 9.97 Å². The standard InChI is InChI=1S/C16H21N3O/c1-3-10-17-15-11-14(13-8-6-5-7-9-13)18-16(19-15)12-20-4-2/h5-9,11H,3-4,10,12H2,1-2H3,(H,17,18,19). The second-order valence-corrected chi connectivity index (χ2v) is 4.48. The lowest BCUT2D eigenvalue weighted by molar-refractivity contribution is 0.128. The molecule has 2 rings (SSSR count). The Kier molecular flexibility index (Phi) is 5.50. The van der Waals surface area contributed by atoms with E-state index in [1.807, 2.05) is 31.2 Å². The summed E-state index contributed by atoms with van der Waals surface area (Å²) in [5, 5.41) is 3.31. The summed E-state index contributed by atoms with van der Waals surface area (Å²) < 4.78 is 5.42. The predicted octanol–water partition coefficient (Wildman–Crippen LogP) is 3.50. The molecule has 1 heterocycles. The first-order chi connectivity index (χ1) is 9.83. The van der Waals surface area contributed by atoms with Gasteiger partial charge in [-0.15, -0.1) is 0 Å². The molecule has 0 aliphatic rings. The van der Waals surface area contributed by atoms with E-state index >= 15 is 0 Å². The summed E-state index contributed by atoms with van der Waals surface area (Å²) in [6, 6.07) is 12.1. The summed E-state index contributed by atoms with van der Waals surface area (Å²) in [5.74, 6) is 1.57. The third-order valence-corrected chi connectivity index (χ3v) is 2.83.